The third-order valence-corrected chi connectivity index (χ3v) is 8.29. The second kappa shape index (κ2) is 7.89. The maximum atomic E-state index is 13.2. The maximum absolute atomic E-state index is 13.2. The fourth-order valence-electron chi connectivity index (χ4n) is 3.94. The van der Waals surface area contributed by atoms with Crippen molar-refractivity contribution in [3.63, 3.8) is 0 Å². The van der Waals surface area contributed by atoms with E-state index in [0.717, 1.165) is 26.6 Å². The standard InChI is InChI=1S/C20H20Br2N2O3S/c21-16-3-6-18(7-4-16)28(26,27)23-10-1-2-15(13-23)20(25)24-11-9-14-12-17(22)5-8-19(14)24/h3-8,12,15H,1-2,9-11,13H2/t15-/m1/s1. The molecule has 0 spiro atoms. The summed E-state index contributed by atoms with van der Waals surface area (Å²) in [6.07, 6.45) is 2.23. The molecule has 2 aromatic carbocycles. The highest BCUT2D eigenvalue weighted by Gasteiger charge is 2.37. The number of benzene rings is 2. The summed E-state index contributed by atoms with van der Waals surface area (Å²) in [4.78, 5) is 15.3. The Hall–Kier alpha value is -1.22. The van der Waals surface area contributed by atoms with E-state index >= 15 is 0 Å². The van der Waals surface area contributed by atoms with Crippen LogP contribution in [-0.4, -0.2) is 38.3 Å². The van der Waals surface area contributed by atoms with Gasteiger partial charge in [-0.15, -0.1) is 0 Å². The average Bonchev–Trinajstić information content (AvgIpc) is 3.10. The second-order valence-corrected chi connectivity index (χ2v) is 10.9. The van der Waals surface area contributed by atoms with Crippen molar-refractivity contribution in [1.29, 1.82) is 0 Å². The predicted octanol–water partition coefficient (Wildman–Crippen LogP) is 4.20. The number of rotatable bonds is 3. The number of carbonyl (C=O) groups is 1. The van der Waals surface area contributed by atoms with E-state index in [1.54, 1.807) is 24.3 Å². The molecular formula is C20H20Br2N2O3S. The number of carbonyl (C=O) groups excluding carboxylic acids is 1. The van der Waals surface area contributed by atoms with Gasteiger partial charge in [-0.3, -0.25) is 4.79 Å². The van der Waals surface area contributed by atoms with Crippen molar-refractivity contribution in [3.05, 3.63) is 57.0 Å². The van der Waals surface area contributed by atoms with Crippen LogP contribution >= 0.6 is 31.9 Å². The quantitative estimate of drug-likeness (QED) is 0.601. The lowest BCUT2D eigenvalue weighted by atomic mass is 9.98. The fraction of sp³-hybridized carbons (Fsp3) is 0.350. The Bertz CT molecular complexity index is 1010. The Morgan fingerprint density at radius 2 is 1.71 bits per heavy atom. The first kappa shape index (κ1) is 20.1. The molecule has 0 unspecified atom stereocenters. The van der Waals surface area contributed by atoms with E-state index in [4.69, 9.17) is 0 Å². The summed E-state index contributed by atoms with van der Waals surface area (Å²) in [7, 11) is -3.60. The van der Waals surface area contributed by atoms with Crippen molar-refractivity contribution < 1.29 is 13.2 Å². The van der Waals surface area contributed by atoms with Gasteiger partial charge in [-0.1, -0.05) is 31.9 Å². The van der Waals surface area contributed by atoms with Crippen LogP contribution in [0.1, 0.15) is 18.4 Å². The molecule has 0 aliphatic carbocycles. The predicted molar refractivity (Wildman–Crippen MR) is 116 cm³/mol. The second-order valence-electron chi connectivity index (χ2n) is 7.17. The monoisotopic (exact) mass is 526 g/mol. The molecule has 2 aliphatic heterocycles. The smallest absolute Gasteiger partial charge is 0.243 e. The zero-order chi connectivity index (χ0) is 19.9. The highest BCUT2D eigenvalue weighted by Crippen LogP contribution is 2.33. The normalized spacial score (nSPS) is 20.2. The van der Waals surface area contributed by atoms with Crippen molar-refractivity contribution in [3.8, 4) is 0 Å². The Morgan fingerprint density at radius 3 is 2.46 bits per heavy atom. The zero-order valence-electron chi connectivity index (χ0n) is 15.1. The number of amides is 1. The summed E-state index contributed by atoms with van der Waals surface area (Å²) in [5.41, 5.74) is 2.10. The van der Waals surface area contributed by atoms with Gasteiger partial charge in [0, 0.05) is 34.3 Å². The summed E-state index contributed by atoms with van der Waals surface area (Å²) >= 11 is 6.81. The molecule has 0 bridgehead atoms. The van der Waals surface area contributed by atoms with Gasteiger partial charge in [0.2, 0.25) is 15.9 Å². The van der Waals surface area contributed by atoms with Gasteiger partial charge < -0.3 is 4.90 Å². The van der Waals surface area contributed by atoms with Gasteiger partial charge >= 0.3 is 0 Å². The van der Waals surface area contributed by atoms with Crippen LogP contribution in [0.25, 0.3) is 0 Å². The molecule has 28 heavy (non-hydrogen) atoms. The fourth-order valence-corrected chi connectivity index (χ4v) is 6.13. The van der Waals surface area contributed by atoms with Crippen molar-refractivity contribution >= 4 is 53.5 Å². The summed E-state index contributed by atoms with van der Waals surface area (Å²) in [6.45, 7) is 1.34. The lowest BCUT2D eigenvalue weighted by Gasteiger charge is -2.33. The molecule has 2 heterocycles. The molecule has 2 aromatic rings. The molecule has 0 N–H and O–H groups in total. The number of hydrogen-bond acceptors (Lipinski definition) is 3. The zero-order valence-corrected chi connectivity index (χ0v) is 19.1. The van der Waals surface area contributed by atoms with E-state index in [2.05, 4.69) is 31.9 Å². The molecule has 1 saturated heterocycles. The lowest BCUT2D eigenvalue weighted by Crippen LogP contribution is -2.46. The molecule has 0 saturated carbocycles. The van der Waals surface area contributed by atoms with Crippen LogP contribution in [0.3, 0.4) is 0 Å². The van der Waals surface area contributed by atoms with Crippen LogP contribution in [0.4, 0.5) is 5.69 Å². The Morgan fingerprint density at radius 1 is 1.00 bits per heavy atom. The first-order chi connectivity index (χ1) is 13.4. The largest absolute Gasteiger partial charge is 0.312 e. The van der Waals surface area contributed by atoms with Crippen molar-refractivity contribution in [2.75, 3.05) is 24.5 Å². The molecule has 0 aromatic heterocycles. The van der Waals surface area contributed by atoms with Crippen molar-refractivity contribution in [1.82, 2.24) is 4.31 Å². The van der Waals surface area contributed by atoms with Crippen LogP contribution in [0.2, 0.25) is 0 Å². The molecule has 4 rings (SSSR count). The molecule has 8 heteroatoms. The van der Waals surface area contributed by atoms with Crippen LogP contribution < -0.4 is 4.90 Å². The number of sulfonamides is 1. The molecule has 5 nitrogen and oxygen atoms in total. The number of halogens is 2. The summed E-state index contributed by atoms with van der Waals surface area (Å²) in [6, 6.07) is 12.6. The first-order valence-electron chi connectivity index (χ1n) is 9.22. The van der Waals surface area contributed by atoms with Crippen LogP contribution in [0, 0.1) is 5.92 Å². The van der Waals surface area contributed by atoms with Gasteiger partial charge in [0.25, 0.3) is 0 Å². The minimum Gasteiger partial charge on any atom is -0.312 e. The van der Waals surface area contributed by atoms with Gasteiger partial charge in [0.1, 0.15) is 0 Å². The van der Waals surface area contributed by atoms with E-state index in [0.29, 0.717) is 25.9 Å². The first-order valence-corrected chi connectivity index (χ1v) is 12.2. The number of hydrogen-bond donors (Lipinski definition) is 0. The molecule has 1 amide bonds. The molecule has 2 aliphatic rings. The van der Waals surface area contributed by atoms with Crippen molar-refractivity contribution in [2.24, 2.45) is 5.92 Å². The van der Waals surface area contributed by atoms with Gasteiger partial charge in [-0.05, 0) is 67.3 Å². The summed E-state index contributed by atoms with van der Waals surface area (Å²) in [5, 5.41) is 0. The highest BCUT2D eigenvalue weighted by molar-refractivity contribution is 9.10. The van der Waals surface area contributed by atoms with E-state index in [1.807, 2.05) is 23.1 Å². The number of piperidine rings is 1. The van der Waals surface area contributed by atoms with Crippen molar-refractivity contribution in [2.45, 2.75) is 24.2 Å². The Balaban J connectivity index is 1.53. The Labute approximate surface area is 182 Å². The number of fused-ring (bicyclic) bond motifs is 1. The van der Waals surface area contributed by atoms with Gasteiger partial charge in [-0.25, -0.2) is 8.42 Å². The summed E-state index contributed by atoms with van der Waals surface area (Å²) in [5.74, 6) is -0.287. The van der Waals surface area contributed by atoms with Gasteiger partial charge in [0.15, 0.2) is 0 Å². The number of nitrogens with zero attached hydrogens (tertiary/aromatic N) is 2. The molecular weight excluding hydrogens is 508 g/mol. The molecule has 0 radical (unpaired) electrons. The van der Waals surface area contributed by atoms with Crippen LogP contribution in [0.5, 0.6) is 0 Å². The summed E-state index contributed by atoms with van der Waals surface area (Å²) < 4.78 is 29.3. The minimum absolute atomic E-state index is 0.0248. The van der Waals surface area contributed by atoms with E-state index in [1.165, 1.54) is 4.31 Å². The third kappa shape index (κ3) is 3.79. The maximum Gasteiger partial charge on any atom is 0.243 e. The van der Waals surface area contributed by atoms with E-state index < -0.39 is 10.0 Å². The van der Waals surface area contributed by atoms with E-state index in [9.17, 15) is 13.2 Å². The SMILES string of the molecule is O=C([C@@H]1CCCN(S(=O)(=O)c2ccc(Br)cc2)C1)N1CCc2cc(Br)ccc21. The highest BCUT2D eigenvalue weighted by atomic mass is 79.9. The minimum atomic E-state index is -3.60. The molecule has 1 fully saturated rings. The number of anilines is 1. The lowest BCUT2D eigenvalue weighted by molar-refractivity contribution is -0.123. The van der Waals surface area contributed by atoms with E-state index in [-0.39, 0.29) is 23.3 Å². The van der Waals surface area contributed by atoms with Gasteiger partial charge in [-0.2, -0.15) is 4.31 Å². The Kier molecular flexibility index (Phi) is 5.66. The third-order valence-electron chi connectivity index (χ3n) is 5.39. The molecule has 1 atom stereocenters. The van der Waals surface area contributed by atoms with Crippen LogP contribution in [-0.2, 0) is 21.2 Å². The van der Waals surface area contributed by atoms with Gasteiger partial charge in [0.05, 0.1) is 10.8 Å². The molecule has 148 valence electrons. The van der Waals surface area contributed by atoms with Crippen LogP contribution in [0.15, 0.2) is 56.3 Å². The average molecular weight is 528 g/mol. The topological polar surface area (TPSA) is 57.7 Å².